The molecule has 2 aromatic carbocycles. The number of hydrogen-bond donors (Lipinski definition) is 2. The second kappa shape index (κ2) is 13.3. The summed E-state index contributed by atoms with van der Waals surface area (Å²) in [5, 5.41) is 15.9. The maximum absolute atomic E-state index is 10.6. The van der Waals surface area contributed by atoms with Crippen molar-refractivity contribution in [3.8, 4) is 6.07 Å². The van der Waals surface area contributed by atoms with E-state index in [1.807, 2.05) is 32.0 Å². The Bertz CT molecular complexity index is 1130. The van der Waals surface area contributed by atoms with Crippen molar-refractivity contribution in [2.75, 3.05) is 37.6 Å². The molecule has 1 amide bonds. The predicted molar refractivity (Wildman–Crippen MR) is 142 cm³/mol. The Morgan fingerprint density at radius 1 is 1.26 bits per heavy atom. The van der Waals surface area contributed by atoms with E-state index in [0.717, 1.165) is 48.8 Å². The number of piperazine rings is 1. The molecule has 1 aliphatic rings. The summed E-state index contributed by atoms with van der Waals surface area (Å²) in [5.74, 6) is 1.28. The van der Waals surface area contributed by atoms with Crippen LogP contribution in [-0.2, 0) is 11.3 Å². The Labute approximate surface area is 211 Å². The van der Waals surface area contributed by atoms with Crippen LogP contribution in [0.5, 0.6) is 0 Å². The molecule has 0 spiro atoms. The number of benzene rings is 2. The zero-order valence-electron chi connectivity index (χ0n) is 20.0. The van der Waals surface area contributed by atoms with Gasteiger partial charge in [-0.3, -0.25) is 4.79 Å². The molecule has 8 nitrogen and oxygen atoms in total. The summed E-state index contributed by atoms with van der Waals surface area (Å²) in [6.07, 6.45) is 3.55. The molecule has 2 aromatic rings. The molecule has 2 N–H and O–H groups in total. The van der Waals surface area contributed by atoms with Crippen molar-refractivity contribution in [1.82, 2.24) is 15.5 Å². The number of carbonyl (C=O) groups excluding carboxylic acids is 1. The van der Waals surface area contributed by atoms with E-state index >= 15 is 0 Å². The first-order chi connectivity index (χ1) is 17.0. The molecular weight excluding hydrogens is 462 g/mol. The van der Waals surface area contributed by atoms with Crippen molar-refractivity contribution in [3.05, 3.63) is 76.6 Å². The van der Waals surface area contributed by atoms with E-state index in [1.165, 1.54) is 12.4 Å². The average Bonchev–Trinajstić information content (AvgIpc) is 2.90. The molecule has 0 aliphatic carbocycles. The molecule has 1 aliphatic heterocycles. The van der Waals surface area contributed by atoms with Crippen molar-refractivity contribution >= 4 is 35.4 Å². The van der Waals surface area contributed by atoms with Crippen molar-refractivity contribution in [1.29, 1.82) is 5.26 Å². The molecule has 9 heteroatoms. The van der Waals surface area contributed by atoms with Crippen molar-refractivity contribution in [2.45, 2.75) is 20.4 Å². The van der Waals surface area contributed by atoms with Crippen molar-refractivity contribution in [3.63, 3.8) is 0 Å². The quantitative estimate of drug-likeness (QED) is 0.334. The van der Waals surface area contributed by atoms with Crippen LogP contribution in [0.3, 0.4) is 0 Å². The minimum atomic E-state index is 0.518. The van der Waals surface area contributed by atoms with Crippen LogP contribution in [0.4, 0.5) is 5.69 Å². The third-order valence-electron chi connectivity index (χ3n) is 5.70. The molecule has 0 bridgehead atoms. The maximum Gasteiger partial charge on any atom is 0.211 e. The lowest BCUT2D eigenvalue weighted by Gasteiger charge is -2.29. The number of amidine groups is 2. The van der Waals surface area contributed by atoms with E-state index in [-0.39, 0.29) is 0 Å². The highest BCUT2D eigenvalue weighted by Gasteiger charge is 2.13. The highest BCUT2D eigenvalue weighted by Crippen LogP contribution is 2.19. The summed E-state index contributed by atoms with van der Waals surface area (Å²) in [7, 11) is 0. The predicted octanol–water partition coefficient (Wildman–Crippen LogP) is 3.53. The van der Waals surface area contributed by atoms with E-state index < -0.39 is 0 Å². The molecule has 0 radical (unpaired) electrons. The van der Waals surface area contributed by atoms with Gasteiger partial charge in [0.05, 0.1) is 11.6 Å². The van der Waals surface area contributed by atoms with Crippen LogP contribution in [0.15, 0.2) is 64.8 Å². The van der Waals surface area contributed by atoms with Gasteiger partial charge in [-0.25, -0.2) is 9.98 Å². The minimum absolute atomic E-state index is 0.518. The van der Waals surface area contributed by atoms with Crippen molar-refractivity contribution < 1.29 is 4.79 Å². The number of amides is 1. The summed E-state index contributed by atoms with van der Waals surface area (Å²) in [6.45, 7) is 9.06. The zero-order valence-corrected chi connectivity index (χ0v) is 20.8. The lowest BCUT2D eigenvalue weighted by Crippen LogP contribution is -2.43. The Morgan fingerprint density at radius 3 is 2.66 bits per heavy atom. The number of carbonyl (C=O) groups is 1. The molecule has 0 saturated carbocycles. The lowest BCUT2D eigenvalue weighted by atomic mass is 10.1. The fraction of sp³-hybridized carbons (Fsp3) is 0.308. The Hall–Kier alpha value is -3.67. The first-order valence-electron chi connectivity index (χ1n) is 11.5. The van der Waals surface area contributed by atoms with Gasteiger partial charge >= 0.3 is 0 Å². The van der Waals surface area contributed by atoms with E-state index in [2.05, 4.69) is 43.6 Å². The molecule has 3 rings (SSSR count). The molecule has 0 atom stereocenters. The molecule has 35 heavy (non-hydrogen) atoms. The Morgan fingerprint density at radius 2 is 2.00 bits per heavy atom. The highest BCUT2D eigenvalue weighted by atomic mass is 35.5. The van der Waals surface area contributed by atoms with Crippen LogP contribution < -0.4 is 15.5 Å². The topological polar surface area (TPSA) is 96.1 Å². The maximum atomic E-state index is 10.6. The van der Waals surface area contributed by atoms with Gasteiger partial charge in [0, 0.05) is 67.9 Å². The lowest BCUT2D eigenvalue weighted by molar-refractivity contribution is -0.108. The van der Waals surface area contributed by atoms with Gasteiger partial charge in [0.2, 0.25) is 6.41 Å². The third kappa shape index (κ3) is 7.41. The monoisotopic (exact) mass is 491 g/mol. The van der Waals surface area contributed by atoms with Crippen LogP contribution in [0.2, 0.25) is 5.02 Å². The van der Waals surface area contributed by atoms with Gasteiger partial charge in [-0.05, 0) is 55.8 Å². The number of rotatable bonds is 8. The number of nitrogens with one attached hydrogen (secondary N) is 2. The number of hydrogen-bond acceptors (Lipinski definition) is 5. The first-order valence-corrected chi connectivity index (χ1v) is 11.9. The fourth-order valence-corrected chi connectivity index (χ4v) is 3.95. The van der Waals surface area contributed by atoms with E-state index in [9.17, 15) is 10.1 Å². The Balaban J connectivity index is 1.87. The van der Waals surface area contributed by atoms with Gasteiger partial charge in [-0.2, -0.15) is 5.26 Å². The van der Waals surface area contributed by atoms with Gasteiger partial charge in [0.1, 0.15) is 5.84 Å². The van der Waals surface area contributed by atoms with Gasteiger partial charge in [-0.15, -0.1) is 0 Å². The van der Waals surface area contributed by atoms with Crippen LogP contribution >= 0.6 is 11.6 Å². The molecule has 0 aromatic heterocycles. The Kier molecular flexibility index (Phi) is 9.84. The molecule has 1 fully saturated rings. The van der Waals surface area contributed by atoms with Gasteiger partial charge in [-0.1, -0.05) is 17.7 Å². The number of halogens is 1. The number of anilines is 1. The second-order valence-corrected chi connectivity index (χ2v) is 8.36. The van der Waals surface area contributed by atoms with E-state index in [0.29, 0.717) is 35.9 Å². The second-order valence-electron chi connectivity index (χ2n) is 7.92. The van der Waals surface area contributed by atoms with Crippen molar-refractivity contribution in [2.24, 2.45) is 9.98 Å². The van der Waals surface area contributed by atoms with E-state index in [1.54, 1.807) is 12.1 Å². The number of nitriles is 1. The standard InChI is InChI=1S/C26H30ClN7O/c1-3-33(18-22-4-7-24(27)16-23(22)17-28)20(2)32-26(31-11-10-30-19-35)21-5-8-25(9-6-21)34-14-12-29-13-15-34/h4-11,16,19,29H,3,12-15,18H2,1-2H3,(H,30,35)/b11-10+,31-26?,32-20?. The smallest absolute Gasteiger partial charge is 0.211 e. The van der Waals surface area contributed by atoms with Crippen LogP contribution in [-0.4, -0.2) is 55.7 Å². The summed E-state index contributed by atoms with van der Waals surface area (Å²) in [6, 6.07) is 15.7. The summed E-state index contributed by atoms with van der Waals surface area (Å²) in [5.41, 5.74) is 3.45. The van der Waals surface area contributed by atoms with Gasteiger partial charge in [0.15, 0.2) is 5.84 Å². The molecule has 0 unspecified atom stereocenters. The van der Waals surface area contributed by atoms with Gasteiger partial charge < -0.3 is 20.4 Å². The van der Waals surface area contributed by atoms with Crippen LogP contribution in [0.1, 0.15) is 30.5 Å². The average molecular weight is 492 g/mol. The third-order valence-corrected chi connectivity index (χ3v) is 5.94. The number of aliphatic imine (C=N–C) groups is 2. The highest BCUT2D eigenvalue weighted by molar-refractivity contribution is 6.30. The molecular formula is C26H30ClN7O. The van der Waals surface area contributed by atoms with Crippen LogP contribution in [0, 0.1) is 11.3 Å². The molecule has 182 valence electrons. The van der Waals surface area contributed by atoms with E-state index in [4.69, 9.17) is 16.6 Å². The number of nitrogens with zero attached hydrogens (tertiary/aromatic N) is 5. The summed E-state index contributed by atoms with van der Waals surface area (Å²) < 4.78 is 0. The normalized spacial score (nSPS) is 14.6. The largest absolute Gasteiger partial charge is 0.369 e. The summed E-state index contributed by atoms with van der Waals surface area (Å²) in [4.78, 5) is 24.3. The molecule has 1 saturated heterocycles. The van der Waals surface area contributed by atoms with Crippen LogP contribution in [0.25, 0.3) is 0 Å². The fourth-order valence-electron chi connectivity index (χ4n) is 3.78. The minimum Gasteiger partial charge on any atom is -0.369 e. The first kappa shape index (κ1) is 25.9. The van der Waals surface area contributed by atoms with Gasteiger partial charge in [0.25, 0.3) is 0 Å². The SMILES string of the molecule is CCN(Cc1ccc(Cl)cc1C#N)C(C)=NC(=N/C=C/NC=O)c1ccc(N2CCNCC2)cc1. The summed E-state index contributed by atoms with van der Waals surface area (Å²) >= 11 is 6.05. The molecule has 1 heterocycles. The zero-order chi connectivity index (χ0) is 25.0.